The van der Waals surface area contributed by atoms with Gasteiger partial charge in [-0.2, -0.15) is 10.2 Å². The summed E-state index contributed by atoms with van der Waals surface area (Å²) in [6.45, 7) is 6.01. The number of amides is 1. The summed E-state index contributed by atoms with van der Waals surface area (Å²) in [7, 11) is 0. The monoisotopic (exact) mass is 359 g/mol. The first kappa shape index (κ1) is 17.5. The molecule has 0 atom stereocenters. The third kappa shape index (κ3) is 4.20. The van der Waals surface area contributed by atoms with Gasteiger partial charge >= 0.3 is 0 Å². The zero-order chi connectivity index (χ0) is 17.8. The molecule has 3 aromatic rings. The molecule has 2 heterocycles. The number of hydrogen-bond acceptors (Lipinski definition) is 3. The van der Waals surface area contributed by atoms with Gasteiger partial charge in [0.05, 0.1) is 29.0 Å². The predicted octanol–water partition coefficient (Wildman–Crippen LogP) is 3.10. The lowest BCUT2D eigenvalue weighted by Gasteiger charge is -2.07. The number of rotatable bonds is 7. The van der Waals surface area contributed by atoms with Gasteiger partial charge in [0.1, 0.15) is 0 Å². The second kappa shape index (κ2) is 7.70. The fourth-order valence-corrected chi connectivity index (χ4v) is 3.12. The lowest BCUT2D eigenvalue weighted by atomic mass is 10.2. The number of carbonyl (C=O) groups excluding carboxylic acids is 1. The molecule has 6 nitrogen and oxygen atoms in total. The molecule has 0 spiro atoms. The fraction of sp³-hybridized carbons (Fsp3) is 0.389. The third-order valence-electron chi connectivity index (χ3n) is 4.16. The summed E-state index contributed by atoms with van der Waals surface area (Å²) in [5.41, 5.74) is 3.12. The van der Waals surface area contributed by atoms with E-state index in [0.717, 1.165) is 35.3 Å². The van der Waals surface area contributed by atoms with Crippen LogP contribution in [-0.2, 0) is 17.9 Å². The van der Waals surface area contributed by atoms with Gasteiger partial charge in [0.2, 0.25) is 5.91 Å². The van der Waals surface area contributed by atoms with Crippen molar-refractivity contribution in [2.45, 2.75) is 39.8 Å². The number of carbonyl (C=O) groups is 1. The lowest BCUT2D eigenvalue weighted by Crippen LogP contribution is -2.26. The van der Waals surface area contributed by atoms with Crippen molar-refractivity contribution < 1.29 is 4.79 Å². The molecule has 0 fully saturated rings. The molecule has 0 aliphatic rings. The molecule has 0 aliphatic heterocycles. The molecule has 7 heteroatoms. The Morgan fingerprint density at radius 3 is 2.84 bits per heavy atom. The first-order valence-corrected chi connectivity index (χ1v) is 8.80. The Bertz CT molecular complexity index is 883. The summed E-state index contributed by atoms with van der Waals surface area (Å²) >= 11 is 6.14. The van der Waals surface area contributed by atoms with E-state index in [-0.39, 0.29) is 5.91 Å². The maximum Gasteiger partial charge on any atom is 0.221 e. The number of aromatic nitrogens is 4. The van der Waals surface area contributed by atoms with Crippen molar-refractivity contribution in [2.75, 3.05) is 6.54 Å². The SMILES string of the molecule is Cc1cc(C)n(CCCNC(=O)CCn2ncc3c(Cl)cccc32)n1. The second-order valence-corrected chi connectivity index (χ2v) is 6.55. The minimum Gasteiger partial charge on any atom is -0.356 e. The molecule has 0 bridgehead atoms. The minimum atomic E-state index is 0.0269. The van der Waals surface area contributed by atoms with E-state index in [9.17, 15) is 4.79 Å². The van der Waals surface area contributed by atoms with Gasteiger partial charge in [0, 0.05) is 30.6 Å². The minimum absolute atomic E-state index is 0.0269. The lowest BCUT2D eigenvalue weighted by molar-refractivity contribution is -0.121. The highest BCUT2D eigenvalue weighted by molar-refractivity contribution is 6.35. The topological polar surface area (TPSA) is 64.7 Å². The molecular formula is C18H22ClN5O. The van der Waals surface area contributed by atoms with Crippen LogP contribution in [0.3, 0.4) is 0 Å². The molecule has 1 amide bonds. The van der Waals surface area contributed by atoms with Crippen LogP contribution in [0.25, 0.3) is 10.9 Å². The van der Waals surface area contributed by atoms with E-state index >= 15 is 0 Å². The van der Waals surface area contributed by atoms with Crippen LogP contribution in [0.15, 0.2) is 30.5 Å². The molecule has 0 radical (unpaired) electrons. The first-order chi connectivity index (χ1) is 12.0. The molecular weight excluding hydrogens is 338 g/mol. The summed E-state index contributed by atoms with van der Waals surface area (Å²) in [6, 6.07) is 7.74. The largest absolute Gasteiger partial charge is 0.356 e. The number of fused-ring (bicyclic) bond motifs is 1. The molecule has 0 unspecified atom stereocenters. The summed E-state index contributed by atoms with van der Waals surface area (Å²) in [5.74, 6) is 0.0269. The standard InChI is InChI=1S/C18H22ClN5O/c1-13-11-14(2)23(22-13)9-4-8-20-18(25)7-10-24-17-6-3-5-16(19)15(17)12-21-24/h3,5-6,11-12H,4,7-10H2,1-2H3,(H,20,25). The van der Waals surface area contributed by atoms with E-state index in [1.165, 1.54) is 0 Å². The van der Waals surface area contributed by atoms with Gasteiger partial charge in [0.15, 0.2) is 0 Å². The van der Waals surface area contributed by atoms with Gasteiger partial charge < -0.3 is 5.32 Å². The van der Waals surface area contributed by atoms with E-state index < -0.39 is 0 Å². The van der Waals surface area contributed by atoms with Crippen molar-refractivity contribution >= 4 is 28.4 Å². The Kier molecular flexibility index (Phi) is 5.38. The summed E-state index contributed by atoms with van der Waals surface area (Å²) in [5, 5.41) is 13.3. The van der Waals surface area contributed by atoms with Crippen molar-refractivity contribution in [2.24, 2.45) is 0 Å². The fourth-order valence-electron chi connectivity index (χ4n) is 2.90. The number of hydrogen-bond donors (Lipinski definition) is 1. The zero-order valence-electron chi connectivity index (χ0n) is 14.5. The number of benzene rings is 1. The number of aryl methyl sites for hydroxylation is 4. The number of halogens is 1. The van der Waals surface area contributed by atoms with Gasteiger partial charge in [-0.25, -0.2) is 0 Å². The van der Waals surface area contributed by atoms with Crippen LogP contribution in [-0.4, -0.2) is 32.0 Å². The van der Waals surface area contributed by atoms with E-state index in [0.29, 0.717) is 24.5 Å². The first-order valence-electron chi connectivity index (χ1n) is 8.42. The van der Waals surface area contributed by atoms with Crippen LogP contribution in [0.1, 0.15) is 24.2 Å². The summed E-state index contributed by atoms with van der Waals surface area (Å²) in [6.07, 6.45) is 2.99. The van der Waals surface area contributed by atoms with E-state index in [2.05, 4.69) is 21.6 Å². The van der Waals surface area contributed by atoms with Crippen molar-refractivity contribution in [1.82, 2.24) is 24.9 Å². The van der Waals surface area contributed by atoms with Crippen molar-refractivity contribution in [1.29, 1.82) is 0 Å². The third-order valence-corrected chi connectivity index (χ3v) is 4.49. The highest BCUT2D eigenvalue weighted by Gasteiger charge is 2.08. The maximum atomic E-state index is 12.0. The average Bonchev–Trinajstić information content (AvgIpc) is 3.13. The summed E-state index contributed by atoms with van der Waals surface area (Å²) in [4.78, 5) is 12.0. The Morgan fingerprint density at radius 1 is 1.24 bits per heavy atom. The van der Waals surface area contributed by atoms with Gasteiger partial charge in [0.25, 0.3) is 0 Å². The summed E-state index contributed by atoms with van der Waals surface area (Å²) < 4.78 is 3.79. The van der Waals surface area contributed by atoms with Crippen molar-refractivity contribution in [3.8, 4) is 0 Å². The van der Waals surface area contributed by atoms with Crippen LogP contribution in [0.4, 0.5) is 0 Å². The maximum absolute atomic E-state index is 12.0. The van der Waals surface area contributed by atoms with Gasteiger partial charge in [-0.1, -0.05) is 17.7 Å². The molecule has 2 aromatic heterocycles. The van der Waals surface area contributed by atoms with E-state index in [4.69, 9.17) is 11.6 Å². The van der Waals surface area contributed by atoms with Crippen molar-refractivity contribution in [3.05, 3.63) is 46.9 Å². The van der Waals surface area contributed by atoms with Gasteiger partial charge in [-0.15, -0.1) is 0 Å². The molecule has 0 saturated heterocycles. The second-order valence-electron chi connectivity index (χ2n) is 6.14. The van der Waals surface area contributed by atoms with E-state index in [1.807, 2.05) is 41.4 Å². The van der Waals surface area contributed by atoms with Crippen LogP contribution in [0.2, 0.25) is 5.02 Å². The van der Waals surface area contributed by atoms with Gasteiger partial charge in [-0.3, -0.25) is 14.2 Å². The van der Waals surface area contributed by atoms with Gasteiger partial charge in [-0.05, 0) is 38.5 Å². The predicted molar refractivity (Wildman–Crippen MR) is 98.7 cm³/mol. The van der Waals surface area contributed by atoms with E-state index in [1.54, 1.807) is 6.20 Å². The average molecular weight is 360 g/mol. The quantitative estimate of drug-likeness (QED) is 0.659. The molecule has 1 aromatic carbocycles. The smallest absolute Gasteiger partial charge is 0.221 e. The number of nitrogens with one attached hydrogen (secondary N) is 1. The van der Waals surface area contributed by atoms with Crippen LogP contribution in [0.5, 0.6) is 0 Å². The Balaban J connectivity index is 1.43. The molecule has 132 valence electrons. The Morgan fingerprint density at radius 2 is 2.08 bits per heavy atom. The molecule has 3 rings (SSSR count). The highest BCUT2D eigenvalue weighted by atomic mass is 35.5. The van der Waals surface area contributed by atoms with Crippen LogP contribution < -0.4 is 5.32 Å². The number of nitrogens with zero attached hydrogens (tertiary/aromatic N) is 4. The Labute approximate surface area is 151 Å². The Hall–Kier alpha value is -2.34. The highest BCUT2D eigenvalue weighted by Crippen LogP contribution is 2.22. The zero-order valence-corrected chi connectivity index (χ0v) is 15.3. The molecule has 0 aliphatic carbocycles. The normalized spacial score (nSPS) is 11.2. The molecule has 0 saturated carbocycles. The molecule has 1 N–H and O–H groups in total. The molecule has 25 heavy (non-hydrogen) atoms. The van der Waals surface area contributed by atoms with Crippen LogP contribution in [0, 0.1) is 13.8 Å². The van der Waals surface area contributed by atoms with Crippen LogP contribution >= 0.6 is 11.6 Å². The van der Waals surface area contributed by atoms with Crippen molar-refractivity contribution in [3.63, 3.8) is 0 Å².